The smallest absolute Gasteiger partial charge is 0.308 e. The van der Waals surface area contributed by atoms with Crippen LogP contribution < -0.4 is 0 Å². The number of nitrogens with zero attached hydrogens (tertiary/aromatic N) is 1. The molecule has 4 heteroatoms. The van der Waals surface area contributed by atoms with Crippen LogP contribution in [0.5, 0.6) is 0 Å². The van der Waals surface area contributed by atoms with E-state index in [0.717, 1.165) is 12.8 Å². The molecule has 1 aliphatic heterocycles. The minimum Gasteiger partial charge on any atom is -0.465 e. The Morgan fingerprint density at radius 2 is 2.29 bits per heavy atom. The molecule has 1 saturated heterocycles. The van der Waals surface area contributed by atoms with Gasteiger partial charge in [-0.05, 0) is 12.8 Å². The lowest BCUT2D eigenvalue weighted by Crippen LogP contribution is -2.46. The highest BCUT2D eigenvalue weighted by Gasteiger charge is 2.41. The van der Waals surface area contributed by atoms with Crippen LogP contribution in [0.25, 0.3) is 0 Å². The van der Waals surface area contributed by atoms with Crippen molar-refractivity contribution in [3.63, 3.8) is 0 Å². The molecule has 2 aliphatic rings. The maximum atomic E-state index is 11.3. The second kappa shape index (κ2) is 3.58. The van der Waals surface area contributed by atoms with Crippen molar-refractivity contribution in [3.05, 3.63) is 0 Å². The zero-order chi connectivity index (χ0) is 10.0. The highest BCUT2D eigenvalue weighted by atomic mass is 16.5. The van der Waals surface area contributed by atoms with E-state index in [-0.39, 0.29) is 17.3 Å². The number of carbonyl (C=O) groups is 1. The maximum Gasteiger partial charge on any atom is 0.308 e. The molecular weight excluding hydrogens is 182 g/mol. The van der Waals surface area contributed by atoms with Crippen molar-refractivity contribution in [3.8, 4) is 6.07 Å². The summed E-state index contributed by atoms with van der Waals surface area (Å²) >= 11 is 0. The second-order valence-electron chi connectivity index (χ2n) is 4.21. The molecule has 1 heterocycles. The summed E-state index contributed by atoms with van der Waals surface area (Å²) < 4.78 is 10.2. The molecule has 0 aromatic carbocycles. The number of hydrogen-bond donors (Lipinski definition) is 0. The molecular formula is C10H13NO3. The number of ether oxygens (including phenoxy) is 2. The fraction of sp³-hybridized carbons (Fsp3) is 0.800. The van der Waals surface area contributed by atoms with E-state index in [1.54, 1.807) is 0 Å². The average molecular weight is 195 g/mol. The predicted octanol–water partition coefficient (Wildman–Crippen LogP) is 0.870. The summed E-state index contributed by atoms with van der Waals surface area (Å²) in [5.74, 6) is 0.0318. The van der Waals surface area contributed by atoms with Crippen molar-refractivity contribution in [2.24, 2.45) is 11.3 Å². The van der Waals surface area contributed by atoms with Crippen LogP contribution in [0, 0.1) is 22.7 Å². The summed E-state index contributed by atoms with van der Waals surface area (Å²) in [5, 5.41) is 8.61. The van der Waals surface area contributed by atoms with Crippen LogP contribution in [0.2, 0.25) is 0 Å². The van der Waals surface area contributed by atoms with Gasteiger partial charge in [-0.1, -0.05) is 0 Å². The minimum atomic E-state index is -0.209. The van der Waals surface area contributed by atoms with Crippen LogP contribution in [-0.4, -0.2) is 25.8 Å². The van der Waals surface area contributed by atoms with E-state index in [9.17, 15) is 4.79 Å². The molecule has 0 spiro atoms. The van der Waals surface area contributed by atoms with Gasteiger partial charge >= 0.3 is 5.97 Å². The van der Waals surface area contributed by atoms with Crippen LogP contribution in [-0.2, 0) is 14.3 Å². The van der Waals surface area contributed by atoms with E-state index in [1.807, 2.05) is 0 Å². The second-order valence-corrected chi connectivity index (χ2v) is 4.21. The van der Waals surface area contributed by atoms with Crippen molar-refractivity contribution in [1.29, 1.82) is 5.26 Å². The van der Waals surface area contributed by atoms with Crippen molar-refractivity contribution in [1.82, 2.24) is 0 Å². The number of esters is 1. The van der Waals surface area contributed by atoms with Gasteiger partial charge in [-0.15, -0.1) is 0 Å². The van der Waals surface area contributed by atoms with Crippen LogP contribution in [0.3, 0.4) is 0 Å². The fourth-order valence-corrected chi connectivity index (χ4v) is 1.46. The molecule has 4 nitrogen and oxygen atoms in total. The number of nitriles is 1. The molecule has 1 saturated carbocycles. The van der Waals surface area contributed by atoms with E-state index in [1.165, 1.54) is 0 Å². The standard InChI is InChI=1S/C10H13NO3/c11-4-3-10(5-13-6-10)7-14-9(12)8-1-2-8/h8H,1-3,5-7H2. The van der Waals surface area contributed by atoms with Crippen LogP contribution in [0.15, 0.2) is 0 Å². The first-order chi connectivity index (χ1) is 6.76. The molecule has 76 valence electrons. The summed E-state index contributed by atoms with van der Waals surface area (Å²) in [6, 6.07) is 2.11. The Labute approximate surface area is 82.8 Å². The molecule has 0 bridgehead atoms. The molecule has 0 unspecified atom stereocenters. The molecule has 0 aromatic heterocycles. The molecule has 0 aromatic rings. The van der Waals surface area contributed by atoms with Gasteiger partial charge in [0.05, 0.1) is 30.6 Å². The van der Waals surface area contributed by atoms with Gasteiger partial charge < -0.3 is 9.47 Å². The first kappa shape index (κ1) is 9.47. The number of hydrogen-bond acceptors (Lipinski definition) is 4. The van der Waals surface area contributed by atoms with Crippen LogP contribution in [0.4, 0.5) is 0 Å². The van der Waals surface area contributed by atoms with Gasteiger partial charge in [-0.2, -0.15) is 5.26 Å². The quantitative estimate of drug-likeness (QED) is 0.624. The highest BCUT2D eigenvalue weighted by Crippen LogP contribution is 2.34. The van der Waals surface area contributed by atoms with Crippen molar-refractivity contribution in [2.75, 3.05) is 19.8 Å². The normalized spacial score (nSPS) is 23.4. The molecule has 14 heavy (non-hydrogen) atoms. The van der Waals surface area contributed by atoms with Crippen LogP contribution >= 0.6 is 0 Å². The Kier molecular flexibility index (Phi) is 2.42. The third-order valence-corrected chi connectivity index (χ3v) is 2.70. The lowest BCUT2D eigenvalue weighted by atomic mass is 9.84. The molecule has 0 N–H and O–H groups in total. The SMILES string of the molecule is N#CCC1(COC(=O)C2CC2)COC1. The van der Waals surface area contributed by atoms with Crippen molar-refractivity contribution < 1.29 is 14.3 Å². The van der Waals surface area contributed by atoms with E-state index in [0.29, 0.717) is 26.2 Å². The van der Waals surface area contributed by atoms with Crippen molar-refractivity contribution >= 4 is 5.97 Å². The van der Waals surface area contributed by atoms with E-state index < -0.39 is 0 Å². The Balaban J connectivity index is 1.77. The maximum absolute atomic E-state index is 11.3. The molecule has 0 atom stereocenters. The number of carbonyl (C=O) groups excluding carboxylic acids is 1. The summed E-state index contributed by atoms with van der Waals surface area (Å²) in [6.45, 7) is 1.42. The summed E-state index contributed by atoms with van der Waals surface area (Å²) in [6.07, 6.45) is 2.33. The monoisotopic (exact) mass is 195 g/mol. The lowest BCUT2D eigenvalue weighted by molar-refractivity contribution is -0.169. The average Bonchev–Trinajstić information content (AvgIpc) is 2.91. The fourth-order valence-electron chi connectivity index (χ4n) is 1.46. The van der Waals surface area contributed by atoms with Gasteiger partial charge in [0.25, 0.3) is 0 Å². The Morgan fingerprint density at radius 1 is 1.57 bits per heavy atom. The van der Waals surface area contributed by atoms with Gasteiger partial charge in [0.15, 0.2) is 0 Å². The van der Waals surface area contributed by atoms with Gasteiger partial charge in [0.2, 0.25) is 0 Å². The first-order valence-electron chi connectivity index (χ1n) is 4.87. The predicted molar refractivity (Wildman–Crippen MR) is 47.2 cm³/mol. The van der Waals surface area contributed by atoms with Gasteiger partial charge in [-0.25, -0.2) is 0 Å². The molecule has 0 amide bonds. The largest absolute Gasteiger partial charge is 0.465 e. The topological polar surface area (TPSA) is 59.3 Å². The zero-order valence-electron chi connectivity index (χ0n) is 7.99. The Morgan fingerprint density at radius 3 is 2.71 bits per heavy atom. The van der Waals surface area contributed by atoms with Crippen LogP contribution in [0.1, 0.15) is 19.3 Å². The molecule has 0 radical (unpaired) electrons. The molecule has 1 aliphatic carbocycles. The highest BCUT2D eigenvalue weighted by molar-refractivity contribution is 5.74. The van der Waals surface area contributed by atoms with Gasteiger partial charge in [0.1, 0.15) is 6.61 Å². The summed E-state index contributed by atoms with van der Waals surface area (Å²) in [5.41, 5.74) is -0.209. The van der Waals surface area contributed by atoms with Gasteiger partial charge in [0, 0.05) is 6.42 Å². The van der Waals surface area contributed by atoms with E-state index in [4.69, 9.17) is 14.7 Å². The van der Waals surface area contributed by atoms with Gasteiger partial charge in [-0.3, -0.25) is 4.79 Å². The third kappa shape index (κ3) is 1.88. The zero-order valence-corrected chi connectivity index (χ0v) is 7.99. The van der Waals surface area contributed by atoms with E-state index >= 15 is 0 Å². The lowest BCUT2D eigenvalue weighted by Gasteiger charge is -2.38. The minimum absolute atomic E-state index is 0.103. The molecule has 2 rings (SSSR count). The molecule has 2 fully saturated rings. The first-order valence-corrected chi connectivity index (χ1v) is 4.87. The number of rotatable bonds is 4. The van der Waals surface area contributed by atoms with E-state index in [2.05, 4.69) is 6.07 Å². The summed E-state index contributed by atoms with van der Waals surface area (Å²) in [7, 11) is 0. The van der Waals surface area contributed by atoms with Crippen molar-refractivity contribution in [2.45, 2.75) is 19.3 Å². The summed E-state index contributed by atoms with van der Waals surface area (Å²) in [4.78, 5) is 11.3. The Hall–Kier alpha value is -1.08. The Bertz CT molecular complexity index is 274. The third-order valence-electron chi connectivity index (χ3n) is 2.70.